The van der Waals surface area contributed by atoms with E-state index in [4.69, 9.17) is 18.3 Å². The standard InChI is InChI=1S/C39H26N4O5/c44-39(47-35-29(7-5-21-40-35)23-25-13-17-27(18-14-25)37-42-31-9-1-3-11-33(31)45-37)48-36-30(8-6-22-41-36)24-26-15-19-28(20-16-26)38-43-32-10-2-4-12-34(32)46-38/h1-22H,23-24H2. The highest BCUT2D eigenvalue weighted by atomic mass is 16.7. The van der Waals surface area contributed by atoms with Gasteiger partial charge in [0.25, 0.3) is 0 Å². The molecule has 9 heteroatoms. The van der Waals surface area contributed by atoms with Crippen molar-refractivity contribution in [2.75, 3.05) is 0 Å². The van der Waals surface area contributed by atoms with Crippen LogP contribution < -0.4 is 9.47 Å². The van der Waals surface area contributed by atoms with Crippen LogP contribution in [-0.2, 0) is 12.8 Å². The Balaban J connectivity index is 0.931. The Bertz CT molecular complexity index is 2150. The van der Waals surface area contributed by atoms with Crippen molar-refractivity contribution >= 4 is 28.4 Å². The molecule has 0 spiro atoms. The second-order valence-electron chi connectivity index (χ2n) is 11.1. The van der Waals surface area contributed by atoms with Crippen LogP contribution in [-0.4, -0.2) is 26.1 Å². The Morgan fingerprint density at radius 2 is 0.958 bits per heavy atom. The van der Waals surface area contributed by atoms with Crippen molar-refractivity contribution in [3.05, 3.63) is 156 Å². The van der Waals surface area contributed by atoms with E-state index in [0.717, 1.165) is 55.6 Å². The first-order chi connectivity index (χ1) is 23.6. The quantitative estimate of drug-likeness (QED) is 0.152. The number of para-hydroxylation sites is 4. The lowest BCUT2D eigenvalue weighted by atomic mass is 10.0. The molecule has 0 fully saturated rings. The predicted molar refractivity (Wildman–Crippen MR) is 180 cm³/mol. The Morgan fingerprint density at radius 1 is 0.521 bits per heavy atom. The zero-order valence-electron chi connectivity index (χ0n) is 25.4. The summed E-state index contributed by atoms with van der Waals surface area (Å²) in [6.07, 6.45) is 3.18. The maximum absolute atomic E-state index is 13.0. The van der Waals surface area contributed by atoms with Crippen molar-refractivity contribution in [1.82, 2.24) is 19.9 Å². The molecule has 232 valence electrons. The van der Waals surface area contributed by atoms with Crippen LogP contribution in [0.3, 0.4) is 0 Å². The summed E-state index contributed by atoms with van der Waals surface area (Å²) >= 11 is 0. The van der Waals surface area contributed by atoms with E-state index in [1.807, 2.05) is 109 Å². The number of ether oxygens (including phenoxy) is 2. The Kier molecular flexibility index (Phi) is 7.60. The number of hydrogen-bond acceptors (Lipinski definition) is 9. The first-order valence-corrected chi connectivity index (χ1v) is 15.3. The van der Waals surface area contributed by atoms with E-state index >= 15 is 0 Å². The van der Waals surface area contributed by atoms with Gasteiger partial charge in [-0.2, -0.15) is 0 Å². The van der Waals surface area contributed by atoms with Gasteiger partial charge < -0.3 is 18.3 Å². The summed E-state index contributed by atoms with van der Waals surface area (Å²) in [5, 5.41) is 0. The van der Waals surface area contributed by atoms with Crippen LogP contribution in [0.25, 0.3) is 45.1 Å². The van der Waals surface area contributed by atoms with Gasteiger partial charge in [0.15, 0.2) is 11.2 Å². The fourth-order valence-corrected chi connectivity index (χ4v) is 5.44. The molecule has 48 heavy (non-hydrogen) atoms. The number of aromatic nitrogens is 4. The molecule has 0 aliphatic carbocycles. The summed E-state index contributed by atoms with van der Waals surface area (Å²) in [5.74, 6) is 1.44. The second kappa shape index (κ2) is 12.6. The summed E-state index contributed by atoms with van der Waals surface area (Å²) in [6, 6.07) is 38.4. The number of pyridine rings is 2. The number of fused-ring (bicyclic) bond motifs is 2. The highest BCUT2D eigenvalue weighted by Gasteiger charge is 2.17. The van der Waals surface area contributed by atoms with Gasteiger partial charge in [-0.25, -0.2) is 24.7 Å². The van der Waals surface area contributed by atoms with Gasteiger partial charge in [-0.3, -0.25) is 0 Å². The van der Waals surface area contributed by atoms with Crippen LogP contribution in [0.1, 0.15) is 22.3 Å². The monoisotopic (exact) mass is 630 g/mol. The largest absolute Gasteiger partial charge is 0.522 e. The van der Waals surface area contributed by atoms with Gasteiger partial charge in [-0.05, 0) is 71.8 Å². The molecule has 0 aliphatic rings. The fourth-order valence-electron chi connectivity index (χ4n) is 5.44. The fraction of sp³-hybridized carbons (Fsp3) is 0.0513. The molecule has 9 nitrogen and oxygen atoms in total. The Labute approximate surface area is 274 Å². The van der Waals surface area contributed by atoms with Gasteiger partial charge in [0, 0.05) is 47.5 Å². The number of benzene rings is 4. The summed E-state index contributed by atoms with van der Waals surface area (Å²) in [4.78, 5) is 30.7. The topological polar surface area (TPSA) is 113 Å². The molecule has 0 N–H and O–H groups in total. The number of carbonyl (C=O) groups excluding carboxylic acids is 1. The van der Waals surface area contributed by atoms with Crippen molar-refractivity contribution < 1.29 is 23.1 Å². The van der Waals surface area contributed by atoms with E-state index in [0.29, 0.717) is 24.6 Å². The maximum Gasteiger partial charge on any atom is 0.522 e. The molecule has 0 atom stereocenters. The van der Waals surface area contributed by atoms with Crippen LogP contribution in [0.5, 0.6) is 11.8 Å². The maximum atomic E-state index is 13.0. The lowest BCUT2D eigenvalue weighted by Crippen LogP contribution is -2.17. The van der Waals surface area contributed by atoms with Crippen LogP contribution in [0, 0.1) is 0 Å². The van der Waals surface area contributed by atoms with Crippen LogP contribution in [0.4, 0.5) is 4.79 Å². The third-order valence-corrected chi connectivity index (χ3v) is 7.84. The van der Waals surface area contributed by atoms with E-state index in [1.54, 1.807) is 24.5 Å². The van der Waals surface area contributed by atoms with Crippen molar-refractivity contribution in [3.63, 3.8) is 0 Å². The normalized spacial score (nSPS) is 11.2. The molecule has 4 heterocycles. The van der Waals surface area contributed by atoms with Crippen molar-refractivity contribution in [1.29, 1.82) is 0 Å². The molecule has 4 aromatic carbocycles. The third kappa shape index (κ3) is 6.12. The first kappa shape index (κ1) is 28.8. The average molecular weight is 631 g/mol. The SMILES string of the molecule is O=C(Oc1ncccc1Cc1ccc(-c2nc3ccccc3o2)cc1)Oc1ncccc1Cc1ccc(-c2nc3ccccc3o2)cc1. The number of rotatable bonds is 8. The molecule has 0 amide bonds. The van der Waals surface area contributed by atoms with E-state index in [1.165, 1.54) is 0 Å². The minimum absolute atomic E-state index is 0.165. The molecular formula is C39H26N4O5. The third-order valence-electron chi connectivity index (χ3n) is 7.84. The van der Waals surface area contributed by atoms with Gasteiger partial charge in [-0.15, -0.1) is 0 Å². The van der Waals surface area contributed by atoms with Crippen molar-refractivity contribution in [2.45, 2.75) is 12.8 Å². The Morgan fingerprint density at radius 3 is 1.40 bits per heavy atom. The lowest BCUT2D eigenvalue weighted by Gasteiger charge is -2.11. The number of carbonyl (C=O) groups is 1. The molecule has 0 saturated carbocycles. The van der Waals surface area contributed by atoms with E-state index in [-0.39, 0.29) is 11.8 Å². The minimum atomic E-state index is -0.924. The molecule has 0 aliphatic heterocycles. The summed E-state index contributed by atoms with van der Waals surface area (Å²) in [6.45, 7) is 0. The van der Waals surface area contributed by atoms with Crippen molar-refractivity contribution in [3.8, 4) is 34.7 Å². The van der Waals surface area contributed by atoms with Gasteiger partial charge >= 0.3 is 6.16 Å². The van der Waals surface area contributed by atoms with E-state index < -0.39 is 6.16 Å². The summed E-state index contributed by atoms with van der Waals surface area (Å²) in [5.41, 5.74) is 8.28. The minimum Gasteiger partial charge on any atom is -0.436 e. The van der Waals surface area contributed by atoms with Gasteiger partial charge in [0.05, 0.1) is 0 Å². The molecular weight excluding hydrogens is 604 g/mol. The average Bonchev–Trinajstić information content (AvgIpc) is 3.76. The highest BCUT2D eigenvalue weighted by Crippen LogP contribution is 2.28. The molecule has 0 bridgehead atoms. The molecule has 8 rings (SSSR count). The van der Waals surface area contributed by atoms with Crippen molar-refractivity contribution in [2.24, 2.45) is 0 Å². The smallest absolute Gasteiger partial charge is 0.436 e. The molecule has 0 unspecified atom stereocenters. The van der Waals surface area contributed by atoms with E-state index in [2.05, 4.69) is 19.9 Å². The second-order valence-corrected chi connectivity index (χ2v) is 11.1. The van der Waals surface area contributed by atoms with Gasteiger partial charge in [-0.1, -0.05) is 60.7 Å². The van der Waals surface area contributed by atoms with Crippen LogP contribution in [0.15, 0.2) is 143 Å². The summed E-state index contributed by atoms with van der Waals surface area (Å²) < 4.78 is 23.0. The Hall–Kier alpha value is -6.61. The van der Waals surface area contributed by atoms with Gasteiger partial charge in [0.1, 0.15) is 11.0 Å². The summed E-state index contributed by atoms with van der Waals surface area (Å²) in [7, 11) is 0. The molecule has 8 aromatic rings. The first-order valence-electron chi connectivity index (χ1n) is 15.3. The van der Waals surface area contributed by atoms with Crippen LogP contribution in [0.2, 0.25) is 0 Å². The van der Waals surface area contributed by atoms with Crippen LogP contribution >= 0.6 is 0 Å². The molecule has 0 saturated heterocycles. The zero-order chi connectivity index (χ0) is 32.3. The zero-order valence-corrected chi connectivity index (χ0v) is 25.4. The number of nitrogens with zero attached hydrogens (tertiary/aromatic N) is 4. The lowest BCUT2D eigenvalue weighted by molar-refractivity contribution is 0.147. The number of oxazole rings is 2. The highest BCUT2D eigenvalue weighted by molar-refractivity contribution is 5.77. The molecule has 0 radical (unpaired) electrons. The van der Waals surface area contributed by atoms with Gasteiger partial charge in [0.2, 0.25) is 23.5 Å². The predicted octanol–water partition coefficient (Wildman–Crippen LogP) is 8.85. The number of hydrogen-bond donors (Lipinski definition) is 0. The van der Waals surface area contributed by atoms with E-state index in [9.17, 15) is 4.79 Å². The molecule has 4 aromatic heterocycles.